The van der Waals surface area contributed by atoms with Gasteiger partial charge in [0.25, 0.3) is 0 Å². The van der Waals surface area contributed by atoms with Gasteiger partial charge in [-0.25, -0.2) is 0 Å². The molecule has 0 radical (unpaired) electrons. The van der Waals surface area contributed by atoms with Gasteiger partial charge in [0, 0.05) is 0 Å². The molecule has 9 nitrogen and oxygen atoms in total. The van der Waals surface area contributed by atoms with E-state index in [9.17, 15) is 0 Å². The lowest BCUT2D eigenvalue weighted by Gasteiger charge is -2.19. The molecule has 0 saturated heterocycles. The highest BCUT2D eigenvalue weighted by Crippen LogP contribution is 1.98. The molecule has 9 heteroatoms. The van der Waals surface area contributed by atoms with Crippen molar-refractivity contribution < 1.29 is 46.0 Å². The molecule has 0 amide bonds. The van der Waals surface area contributed by atoms with E-state index >= 15 is 0 Å². The molecule has 0 rings (SSSR count). The van der Waals surface area contributed by atoms with Crippen molar-refractivity contribution >= 4 is 0 Å². The van der Waals surface area contributed by atoms with E-state index in [2.05, 4.69) is 0 Å². The summed E-state index contributed by atoms with van der Waals surface area (Å²) in [6.45, 7) is -2.33. The van der Waals surface area contributed by atoms with Crippen molar-refractivity contribution in [3.8, 4) is 0 Å². The molecule has 0 spiro atoms. The molecular weight excluding hydrogens is 252 g/mol. The van der Waals surface area contributed by atoms with Crippen LogP contribution in [0.3, 0.4) is 0 Å². The predicted molar refractivity (Wildman–Crippen MR) is 58.4 cm³/mol. The average molecular weight is 274 g/mol. The molecule has 0 aromatic heterocycles. The van der Waals surface area contributed by atoms with Crippen LogP contribution < -0.4 is 0 Å². The summed E-state index contributed by atoms with van der Waals surface area (Å²) < 4.78 is 0. The minimum absolute atomic E-state index is 0.526. The Bertz CT molecular complexity index is 161. The zero-order valence-corrected chi connectivity index (χ0v) is 9.74. The van der Waals surface area contributed by atoms with Gasteiger partial charge < -0.3 is 46.0 Å². The standard InChI is InChI=1S/C5H12O5.C4H10O4/c6-1-3(8)5(10)4(9)2-7;5-1-3(7)4(8)2-6/h3-10H,1-2H2;3-8H,1-2H2/t3-,4+,5-;. The summed E-state index contributed by atoms with van der Waals surface area (Å²) in [5, 5.41) is 75.7. The molecule has 0 saturated carbocycles. The van der Waals surface area contributed by atoms with E-state index in [0.717, 1.165) is 0 Å². The minimum atomic E-state index is -1.49. The van der Waals surface area contributed by atoms with Gasteiger partial charge in [-0.05, 0) is 0 Å². The zero-order chi connectivity index (χ0) is 14.7. The van der Waals surface area contributed by atoms with Crippen LogP contribution in [-0.4, -0.2) is 103 Å². The second-order valence-corrected chi connectivity index (χ2v) is 3.49. The van der Waals surface area contributed by atoms with Crippen molar-refractivity contribution in [2.75, 3.05) is 26.4 Å². The number of hydrogen-bond donors (Lipinski definition) is 9. The molecule has 0 aliphatic heterocycles. The third-order valence-electron chi connectivity index (χ3n) is 1.98. The van der Waals surface area contributed by atoms with Crippen LogP contribution in [-0.2, 0) is 0 Å². The Morgan fingerprint density at radius 3 is 0.833 bits per heavy atom. The summed E-state index contributed by atoms with van der Waals surface area (Å²) in [7, 11) is 0. The Morgan fingerprint density at radius 1 is 0.444 bits per heavy atom. The highest BCUT2D eigenvalue weighted by Gasteiger charge is 2.22. The first-order valence-corrected chi connectivity index (χ1v) is 5.19. The predicted octanol–water partition coefficient (Wildman–Crippen LogP) is -5.25. The van der Waals surface area contributed by atoms with E-state index in [4.69, 9.17) is 46.0 Å². The maximum absolute atomic E-state index is 8.77. The molecule has 0 aliphatic carbocycles. The first-order chi connectivity index (χ1) is 8.35. The largest absolute Gasteiger partial charge is 0.394 e. The molecule has 0 aromatic rings. The topological polar surface area (TPSA) is 182 Å². The van der Waals surface area contributed by atoms with E-state index in [1.807, 2.05) is 0 Å². The van der Waals surface area contributed by atoms with Gasteiger partial charge in [-0.3, -0.25) is 0 Å². The molecular formula is C9H22O9. The highest BCUT2D eigenvalue weighted by molar-refractivity contribution is 4.73. The molecule has 0 aromatic carbocycles. The third kappa shape index (κ3) is 8.69. The van der Waals surface area contributed by atoms with Gasteiger partial charge in [0.1, 0.15) is 30.5 Å². The van der Waals surface area contributed by atoms with E-state index in [-0.39, 0.29) is 0 Å². The fourth-order valence-electron chi connectivity index (χ4n) is 0.716. The van der Waals surface area contributed by atoms with Crippen LogP contribution in [0.15, 0.2) is 0 Å². The van der Waals surface area contributed by atoms with Crippen molar-refractivity contribution in [1.82, 2.24) is 0 Å². The van der Waals surface area contributed by atoms with Crippen LogP contribution >= 0.6 is 0 Å². The smallest absolute Gasteiger partial charge is 0.110 e. The van der Waals surface area contributed by atoms with Gasteiger partial charge in [0.15, 0.2) is 0 Å². The summed E-state index contributed by atoms with van der Waals surface area (Å²) in [6, 6.07) is 0. The lowest BCUT2D eigenvalue weighted by Crippen LogP contribution is -2.41. The average Bonchev–Trinajstić information content (AvgIpc) is 2.43. The lowest BCUT2D eigenvalue weighted by atomic mass is 10.1. The van der Waals surface area contributed by atoms with Crippen molar-refractivity contribution in [2.45, 2.75) is 30.5 Å². The molecule has 0 fully saturated rings. The van der Waals surface area contributed by atoms with Crippen LogP contribution in [0.4, 0.5) is 0 Å². The van der Waals surface area contributed by atoms with Gasteiger partial charge in [0.2, 0.25) is 0 Å². The third-order valence-corrected chi connectivity index (χ3v) is 1.98. The normalized spacial score (nSPS) is 19.2. The van der Waals surface area contributed by atoms with Gasteiger partial charge in [-0.15, -0.1) is 0 Å². The van der Waals surface area contributed by atoms with E-state index in [1.165, 1.54) is 0 Å². The Labute approximate surface area is 104 Å². The molecule has 9 N–H and O–H groups in total. The first kappa shape index (κ1) is 20.0. The molecule has 18 heavy (non-hydrogen) atoms. The maximum Gasteiger partial charge on any atom is 0.110 e. The number of hydrogen-bond acceptors (Lipinski definition) is 9. The van der Waals surface area contributed by atoms with Crippen molar-refractivity contribution in [1.29, 1.82) is 0 Å². The van der Waals surface area contributed by atoms with Crippen molar-refractivity contribution in [3.05, 3.63) is 0 Å². The van der Waals surface area contributed by atoms with E-state index < -0.39 is 56.9 Å². The first-order valence-electron chi connectivity index (χ1n) is 5.19. The number of rotatable bonds is 7. The molecule has 2 unspecified atom stereocenters. The molecule has 0 heterocycles. The monoisotopic (exact) mass is 274 g/mol. The quantitative estimate of drug-likeness (QED) is 0.219. The fourth-order valence-corrected chi connectivity index (χ4v) is 0.716. The fraction of sp³-hybridized carbons (Fsp3) is 1.00. The lowest BCUT2D eigenvalue weighted by molar-refractivity contribution is -0.0900. The Morgan fingerprint density at radius 2 is 0.667 bits per heavy atom. The Balaban J connectivity index is 0. The Kier molecular flexibility index (Phi) is 13.0. The van der Waals surface area contributed by atoms with Crippen molar-refractivity contribution in [2.24, 2.45) is 0 Å². The summed E-state index contributed by atoms with van der Waals surface area (Å²) in [5.74, 6) is 0. The van der Waals surface area contributed by atoms with E-state index in [1.54, 1.807) is 0 Å². The van der Waals surface area contributed by atoms with Gasteiger partial charge in [-0.2, -0.15) is 0 Å². The van der Waals surface area contributed by atoms with Gasteiger partial charge in [0.05, 0.1) is 26.4 Å². The Hall–Kier alpha value is -0.360. The molecule has 0 aliphatic rings. The van der Waals surface area contributed by atoms with Gasteiger partial charge in [-0.1, -0.05) is 0 Å². The second kappa shape index (κ2) is 11.7. The maximum atomic E-state index is 8.77. The summed E-state index contributed by atoms with van der Waals surface area (Å²) in [4.78, 5) is 0. The van der Waals surface area contributed by atoms with Crippen LogP contribution in [0.5, 0.6) is 0 Å². The van der Waals surface area contributed by atoms with Crippen LogP contribution in [0, 0.1) is 0 Å². The van der Waals surface area contributed by atoms with Gasteiger partial charge >= 0.3 is 0 Å². The second-order valence-electron chi connectivity index (χ2n) is 3.49. The molecule has 112 valence electrons. The van der Waals surface area contributed by atoms with Crippen LogP contribution in [0.2, 0.25) is 0 Å². The molecule has 0 bridgehead atoms. The van der Waals surface area contributed by atoms with Crippen LogP contribution in [0.1, 0.15) is 0 Å². The number of aliphatic hydroxyl groups excluding tert-OH is 9. The van der Waals surface area contributed by atoms with E-state index in [0.29, 0.717) is 0 Å². The summed E-state index contributed by atoms with van der Waals surface area (Å²) in [5.41, 5.74) is 0. The van der Waals surface area contributed by atoms with Crippen molar-refractivity contribution in [3.63, 3.8) is 0 Å². The number of aliphatic hydroxyl groups is 9. The summed E-state index contributed by atoms with van der Waals surface area (Å²) >= 11 is 0. The highest BCUT2D eigenvalue weighted by atomic mass is 16.4. The molecule has 5 atom stereocenters. The zero-order valence-electron chi connectivity index (χ0n) is 9.74. The SMILES string of the molecule is OCC(O)C(O)CO.OC[C@@H](O)[C@@H](O)[C@@H](O)CO. The minimum Gasteiger partial charge on any atom is -0.394 e. The van der Waals surface area contributed by atoms with Crippen LogP contribution in [0.25, 0.3) is 0 Å². The summed E-state index contributed by atoms with van der Waals surface area (Å²) in [6.07, 6.45) is -6.74.